The topological polar surface area (TPSA) is 72.9 Å². The van der Waals surface area contributed by atoms with Crippen LogP contribution in [0.2, 0.25) is 0 Å². The van der Waals surface area contributed by atoms with Crippen molar-refractivity contribution in [1.29, 1.82) is 0 Å². The summed E-state index contributed by atoms with van der Waals surface area (Å²) in [6.45, 7) is 4.75. The van der Waals surface area contributed by atoms with Gasteiger partial charge in [0.2, 0.25) is 0 Å². The molecule has 4 aromatic rings. The molecule has 0 aliphatic heterocycles. The average Bonchev–Trinajstić information content (AvgIpc) is 3.10. The maximum Gasteiger partial charge on any atom is 0.183 e. The standard InChI is InChI=1S/C17H18N6O/c1-10-6-5-7-12-11(2)13(24-15(10)12)8-22(3)16-14-17(19-9-18-16)23(4)21-20-14/h5-7,9H,8H2,1-4H3. The number of rotatable bonds is 3. The second-order valence-electron chi connectivity index (χ2n) is 6.04. The SMILES string of the molecule is Cc1c(CN(C)c2ncnc3c2nnn3C)oc2c(C)cccc12. The third kappa shape index (κ3) is 2.12. The van der Waals surface area contributed by atoms with Gasteiger partial charge < -0.3 is 9.32 Å². The minimum Gasteiger partial charge on any atom is -0.459 e. The molecule has 0 radical (unpaired) electrons. The van der Waals surface area contributed by atoms with Gasteiger partial charge in [-0.15, -0.1) is 5.10 Å². The van der Waals surface area contributed by atoms with E-state index in [2.05, 4.69) is 52.3 Å². The molecule has 122 valence electrons. The van der Waals surface area contributed by atoms with Gasteiger partial charge in [0.1, 0.15) is 17.7 Å². The zero-order valence-electron chi connectivity index (χ0n) is 14.1. The van der Waals surface area contributed by atoms with Gasteiger partial charge in [-0.25, -0.2) is 14.6 Å². The Kier molecular flexibility index (Phi) is 3.23. The van der Waals surface area contributed by atoms with Crippen LogP contribution in [0.1, 0.15) is 16.9 Å². The fraction of sp³-hybridized carbons (Fsp3) is 0.294. The predicted octanol–water partition coefficient (Wildman–Crippen LogP) is 2.76. The lowest BCUT2D eigenvalue weighted by molar-refractivity contribution is 0.540. The summed E-state index contributed by atoms with van der Waals surface area (Å²) in [5.74, 6) is 1.67. The third-order valence-corrected chi connectivity index (χ3v) is 4.37. The van der Waals surface area contributed by atoms with Crippen molar-refractivity contribution in [3.05, 3.63) is 41.4 Å². The quantitative estimate of drug-likeness (QED) is 0.577. The van der Waals surface area contributed by atoms with Crippen LogP contribution in [-0.2, 0) is 13.6 Å². The molecule has 7 heteroatoms. The lowest BCUT2D eigenvalue weighted by Crippen LogP contribution is -2.18. The highest BCUT2D eigenvalue weighted by Crippen LogP contribution is 2.29. The van der Waals surface area contributed by atoms with Crippen molar-refractivity contribution >= 4 is 28.0 Å². The molecule has 3 aromatic heterocycles. The van der Waals surface area contributed by atoms with E-state index in [1.165, 1.54) is 6.33 Å². The summed E-state index contributed by atoms with van der Waals surface area (Å²) < 4.78 is 7.76. The molecule has 24 heavy (non-hydrogen) atoms. The van der Waals surface area contributed by atoms with E-state index < -0.39 is 0 Å². The molecule has 3 heterocycles. The zero-order valence-corrected chi connectivity index (χ0v) is 14.1. The molecule has 0 atom stereocenters. The number of hydrogen-bond acceptors (Lipinski definition) is 6. The molecule has 0 saturated heterocycles. The molecule has 0 unspecified atom stereocenters. The van der Waals surface area contributed by atoms with Crippen molar-refractivity contribution in [2.45, 2.75) is 20.4 Å². The summed E-state index contributed by atoms with van der Waals surface area (Å²) in [6, 6.07) is 6.21. The van der Waals surface area contributed by atoms with Crippen molar-refractivity contribution in [2.75, 3.05) is 11.9 Å². The largest absolute Gasteiger partial charge is 0.459 e. The predicted molar refractivity (Wildman–Crippen MR) is 91.9 cm³/mol. The fourth-order valence-electron chi connectivity index (χ4n) is 2.99. The number of aryl methyl sites for hydroxylation is 3. The molecular weight excluding hydrogens is 304 g/mol. The Morgan fingerprint density at radius 3 is 2.83 bits per heavy atom. The highest BCUT2D eigenvalue weighted by atomic mass is 16.3. The molecule has 0 saturated carbocycles. The van der Waals surface area contributed by atoms with E-state index in [9.17, 15) is 0 Å². The molecule has 0 N–H and O–H groups in total. The van der Waals surface area contributed by atoms with Crippen LogP contribution >= 0.6 is 0 Å². The Balaban J connectivity index is 1.75. The highest BCUT2D eigenvalue weighted by molar-refractivity contribution is 5.85. The molecule has 0 aliphatic carbocycles. The Morgan fingerprint density at radius 2 is 2.04 bits per heavy atom. The highest BCUT2D eigenvalue weighted by Gasteiger charge is 2.18. The molecule has 0 bridgehead atoms. The zero-order chi connectivity index (χ0) is 16.8. The van der Waals surface area contributed by atoms with Gasteiger partial charge in [0.25, 0.3) is 0 Å². The molecule has 0 fully saturated rings. The van der Waals surface area contributed by atoms with Gasteiger partial charge in [0, 0.05) is 25.0 Å². The summed E-state index contributed by atoms with van der Waals surface area (Å²) >= 11 is 0. The van der Waals surface area contributed by atoms with Gasteiger partial charge in [-0.3, -0.25) is 0 Å². The van der Waals surface area contributed by atoms with E-state index in [1.54, 1.807) is 4.68 Å². The Morgan fingerprint density at radius 1 is 1.21 bits per heavy atom. The van der Waals surface area contributed by atoms with E-state index in [-0.39, 0.29) is 0 Å². The molecule has 4 rings (SSSR count). The number of aromatic nitrogens is 5. The summed E-state index contributed by atoms with van der Waals surface area (Å²) in [5, 5.41) is 9.36. The smallest absolute Gasteiger partial charge is 0.183 e. The van der Waals surface area contributed by atoms with Gasteiger partial charge >= 0.3 is 0 Å². The first-order valence-corrected chi connectivity index (χ1v) is 7.75. The molecular formula is C17H18N6O. The maximum atomic E-state index is 6.11. The van der Waals surface area contributed by atoms with Crippen LogP contribution in [0.3, 0.4) is 0 Å². The van der Waals surface area contributed by atoms with Crippen LogP contribution in [0, 0.1) is 13.8 Å². The minimum atomic E-state index is 0.600. The Hall–Kier alpha value is -2.96. The number of furan rings is 1. The third-order valence-electron chi connectivity index (χ3n) is 4.37. The van der Waals surface area contributed by atoms with Gasteiger partial charge in [-0.2, -0.15) is 0 Å². The van der Waals surface area contributed by atoms with Crippen LogP contribution in [0.15, 0.2) is 28.9 Å². The summed E-state index contributed by atoms with van der Waals surface area (Å²) in [5.41, 5.74) is 4.65. The van der Waals surface area contributed by atoms with E-state index >= 15 is 0 Å². The number of anilines is 1. The number of nitrogens with zero attached hydrogens (tertiary/aromatic N) is 6. The van der Waals surface area contributed by atoms with E-state index in [0.29, 0.717) is 17.7 Å². The van der Waals surface area contributed by atoms with E-state index in [4.69, 9.17) is 4.42 Å². The van der Waals surface area contributed by atoms with Gasteiger partial charge in [0.15, 0.2) is 17.0 Å². The van der Waals surface area contributed by atoms with Gasteiger partial charge in [0.05, 0.1) is 6.54 Å². The van der Waals surface area contributed by atoms with Crippen LogP contribution in [0.4, 0.5) is 5.82 Å². The van der Waals surface area contributed by atoms with Crippen LogP contribution in [0.5, 0.6) is 0 Å². The van der Waals surface area contributed by atoms with Crippen molar-refractivity contribution in [2.24, 2.45) is 7.05 Å². The molecule has 0 spiro atoms. The molecule has 7 nitrogen and oxygen atoms in total. The summed E-state index contributed by atoms with van der Waals surface area (Å²) in [6.07, 6.45) is 1.53. The van der Waals surface area contributed by atoms with E-state index in [0.717, 1.165) is 33.7 Å². The van der Waals surface area contributed by atoms with Crippen molar-refractivity contribution in [3.8, 4) is 0 Å². The maximum absolute atomic E-state index is 6.11. The number of hydrogen-bond donors (Lipinski definition) is 0. The second-order valence-corrected chi connectivity index (χ2v) is 6.04. The lowest BCUT2D eigenvalue weighted by Gasteiger charge is -2.16. The van der Waals surface area contributed by atoms with Crippen molar-refractivity contribution in [3.63, 3.8) is 0 Å². The monoisotopic (exact) mass is 322 g/mol. The second kappa shape index (κ2) is 5.30. The lowest BCUT2D eigenvalue weighted by atomic mass is 10.1. The Bertz CT molecular complexity index is 1050. The summed E-state index contributed by atoms with van der Waals surface area (Å²) in [7, 11) is 3.79. The molecule has 0 amide bonds. The van der Waals surface area contributed by atoms with Gasteiger partial charge in [-0.1, -0.05) is 23.4 Å². The fourth-order valence-corrected chi connectivity index (χ4v) is 2.99. The van der Waals surface area contributed by atoms with Crippen molar-refractivity contribution < 1.29 is 4.42 Å². The van der Waals surface area contributed by atoms with Gasteiger partial charge in [-0.05, 0) is 19.4 Å². The normalized spacial score (nSPS) is 11.5. The average molecular weight is 322 g/mol. The first-order chi connectivity index (χ1) is 11.6. The van der Waals surface area contributed by atoms with Crippen LogP contribution in [0.25, 0.3) is 22.1 Å². The molecule has 1 aromatic carbocycles. The summed E-state index contributed by atoms with van der Waals surface area (Å²) in [4.78, 5) is 10.6. The number of benzene rings is 1. The molecule has 0 aliphatic rings. The van der Waals surface area contributed by atoms with Crippen molar-refractivity contribution in [1.82, 2.24) is 25.0 Å². The number of fused-ring (bicyclic) bond motifs is 2. The first-order valence-electron chi connectivity index (χ1n) is 7.75. The van der Waals surface area contributed by atoms with Crippen LogP contribution < -0.4 is 4.90 Å². The van der Waals surface area contributed by atoms with E-state index in [1.807, 2.05) is 19.0 Å². The first kappa shape index (κ1) is 14.6. The number of para-hydroxylation sites is 1. The minimum absolute atomic E-state index is 0.600. The van der Waals surface area contributed by atoms with Crippen LogP contribution in [-0.4, -0.2) is 32.0 Å². The Labute approximate surface area is 138 Å².